The molecule has 1 fully saturated rings. The van der Waals surface area contributed by atoms with Crippen LogP contribution in [-0.2, 0) is 16.1 Å². The van der Waals surface area contributed by atoms with Gasteiger partial charge in [0.1, 0.15) is 12.4 Å². The fourth-order valence-electron chi connectivity index (χ4n) is 3.72. The number of carbonyl (C=O) groups excluding carboxylic acids is 1. The van der Waals surface area contributed by atoms with E-state index in [9.17, 15) is 4.79 Å². The van der Waals surface area contributed by atoms with E-state index in [-0.39, 0.29) is 11.9 Å². The highest BCUT2D eigenvalue weighted by atomic mass is 32.1. The minimum atomic E-state index is -0.137. The first-order valence-corrected chi connectivity index (χ1v) is 12.0. The van der Waals surface area contributed by atoms with Gasteiger partial charge in [-0.1, -0.05) is 48.5 Å². The third-order valence-electron chi connectivity index (χ3n) is 5.44. The van der Waals surface area contributed by atoms with Crippen LogP contribution in [-0.4, -0.2) is 48.6 Å². The van der Waals surface area contributed by atoms with E-state index in [0.717, 1.165) is 60.4 Å². The van der Waals surface area contributed by atoms with Crippen LogP contribution in [0.3, 0.4) is 0 Å². The van der Waals surface area contributed by atoms with Crippen molar-refractivity contribution in [1.82, 2.24) is 15.2 Å². The molecule has 172 valence electrons. The van der Waals surface area contributed by atoms with Crippen molar-refractivity contribution < 1.29 is 14.3 Å². The first-order chi connectivity index (χ1) is 16.2. The van der Waals surface area contributed by atoms with Crippen LogP contribution < -0.4 is 10.1 Å². The molecule has 1 atom stereocenters. The van der Waals surface area contributed by atoms with E-state index in [1.807, 2.05) is 54.8 Å². The summed E-state index contributed by atoms with van der Waals surface area (Å²) in [6, 6.07) is 17.7. The van der Waals surface area contributed by atoms with Gasteiger partial charge in [-0.05, 0) is 24.6 Å². The van der Waals surface area contributed by atoms with Crippen molar-refractivity contribution in [1.29, 1.82) is 0 Å². The second-order valence-corrected chi connectivity index (χ2v) is 8.96. The number of carbonyl (C=O) groups is 1. The minimum Gasteiger partial charge on any atom is -0.487 e. The van der Waals surface area contributed by atoms with Crippen LogP contribution in [0.4, 0.5) is 0 Å². The lowest BCUT2D eigenvalue weighted by Gasteiger charge is -2.31. The molecule has 0 bridgehead atoms. The van der Waals surface area contributed by atoms with Crippen molar-refractivity contribution in [3.63, 3.8) is 0 Å². The number of morpholine rings is 1. The zero-order valence-electron chi connectivity index (χ0n) is 18.8. The van der Waals surface area contributed by atoms with Crippen molar-refractivity contribution in [3.05, 3.63) is 87.9 Å². The van der Waals surface area contributed by atoms with Crippen molar-refractivity contribution in [3.8, 4) is 5.75 Å². The monoisotopic (exact) mass is 463 g/mol. The number of hydrogen-bond donors (Lipinski definition) is 1. The van der Waals surface area contributed by atoms with Crippen molar-refractivity contribution in [2.24, 2.45) is 0 Å². The number of ether oxygens (including phenoxy) is 2. The number of rotatable bonds is 9. The molecule has 1 aliphatic heterocycles. The molecule has 1 N–H and O–H groups in total. The summed E-state index contributed by atoms with van der Waals surface area (Å²) in [6.07, 6.45) is 3.37. The average molecular weight is 464 g/mol. The maximum atomic E-state index is 12.8. The predicted octanol–water partition coefficient (Wildman–Crippen LogP) is 4.23. The number of nitrogens with one attached hydrogen (secondary N) is 1. The van der Waals surface area contributed by atoms with Gasteiger partial charge >= 0.3 is 0 Å². The summed E-state index contributed by atoms with van der Waals surface area (Å²) < 4.78 is 11.4. The molecular formula is C26H29N3O3S. The standard InChI is InChI=1S/C26H29N3O3S/c1-20-27-23(19-33-20)18-32-25-10-6-5-9-22(25)11-12-26(30)28-24(21-7-3-2-4-8-21)17-29-13-15-31-16-14-29/h2-12,19,24H,13-18H2,1H3,(H,28,30). The Kier molecular flexibility index (Phi) is 8.24. The molecule has 3 aromatic rings. The summed E-state index contributed by atoms with van der Waals surface area (Å²) in [7, 11) is 0. The molecule has 1 aliphatic rings. The summed E-state index contributed by atoms with van der Waals surface area (Å²) >= 11 is 1.61. The van der Waals surface area contributed by atoms with Crippen molar-refractivity contribution in [2.45, 2.75) is 19.6 Å². The molecule has 0 radical (unpaired) electrons. The summed E-state index contributed by atoms with van der Waals surface area (Å²) in [5.41, 5.74) is 2.85. The lowest BCUT2D eigenvalue weighted by molar-refractivity contribution is -0.117. The summed E-state index contributed by atoms with van der Waals surface area (Å²) in [5.74, 6) is 0.585. The van der Waals surface area contributed by atoms with Crippen LogP contribution in [0.1, 0.15) is 27.9 Å². The first kappa shape index (κ1) is 23.2. The van der Waals surface area contributed by atoms with Gasteiger partial charge in [0.15, 0.2) is 0 Å². The second-order valence-electron chi connectivity index (χ2n) is 7.90. The van der Waals surface area contributed by atoms with Crippen molar-refractivity contribution in [2.75, 3.05) is 32.8 Å². The Morgan fingerprint density at radius 1 is 1.18 bits per heavy atom. The number of thiazole rings is 1. The topological polar surface area (TPSA) is 63.7 Å². The second kappa shape index (κ2) is 11.7. The average Bonchev–Trinajstić information content (AvgIpc) is 3.28. The predicted molar refractivity (Wildman–Crippen MR) is 131 cm³/mol. The number of aryl methyl sites for hydroxylation is 1. The molecule has 4 rings (SSSR count). The van der Waals surface area contributed by atoms with E-state index in [1.54, 1.807) is 23.5 Å². The Bertz CT molecular complexity index is 1060. The smallest absolute Gasteiger partial charge is 0.244 e. The lowest BCUT2D eigenvalue weighted by atomic mass is 10.1. The van der Waals surface area contributed by atoms with E-state index < -0.39 is 0 Å². The number of aromatic nitrogens is 1. The van der Waals surface area contributed by atoms with E-state index in [1.165, 1.54) is 0 Å². The van der Waals surface area contributed by atoms with Gasteiger partial charge in [0.05, 0.1) is 30.0 Å². The molecule has 1 aromatic heterocycles. The molecule has 2 aromatic carbocycles. The maximum Gasteiger partial charge on any atom is 0.244 e. The van der Waals surface area contributed by atoms with Crippen LogP contribution in [0.15, 0.2) is 66.1 Å². The quantitative estimate of drug-likeness (QED) is 0.481. The van der Waals surface area contributed by atoms with Gasteiger partial charge in [0.2, 0.25) is 5.91 Å². The Morgan fingerprint density at radius 3 is 2.70 bits per heavy atom. The van der Waals surface area contributed by atoms with Gasteiger partial charge < -0.3 is 14.8 Å². The molecule has 0 spiro atoms. The van der Waals surface area contributed by atoms with Gasteiger partial charge in [-0.25, -0.2) is 4.98 Å². The summed E-state index contributed by atoms with van der Waals surface area (Å²) in [4.78, 5) is 19.6. The van der Waals surface area contributed by atoms with E-state index >= 15 is 0 Å². The molecule has 7 heteroatoms. The SMILES string of the molecule is Cc1nc(COc2ccccc2C=CC(=O)NC(CN2CCOCC2)c2ccccc2)cs1. The highest BCUT2D eigenvalue weighted by Gasteiger charge is 2.19. The van der Waals surface area contributed by atoms with Gasteiger partial charge in [-0.3, -0.25) is 9.69 Å². The van der Waals surface area contributed by atoms with E-state index in [2.05, 4.69) is 27.3 Å². The minimum absolute atomic E-state index is 0.0964. The third-order valence-corrected chi connectivity index (χ3v) is 6.26. The fraction of sp³-hybridized carbons (Fsp3) is 0.308. The lowest BCUT2D eigenvalue weighted by Crippen LogP contribution is -2.42. The zero-order chi connectivity index (χ0) is 22.9. The van der Waals surface area contributed by atoms with Crippen molar-refractivity contribution >= 4 is 23.3 Å². The maximum absolute atomic E-state index is 12.8. The summed E-state index contributed by atoms with van der Waals surface area (Å²) in [6.45, 7) is 6.33. The summed E-state index contributed by atoms with van der Waals surface area (Å²) in [5, 5.41) is 6.19. The number of amides is 1. The molecule has 0 aliphatic carbocycles. The molecule has 33 heavy (non-hydrogen) atoms. The molecule has 1 saturated heterocycles. The number of hydrogen-bond acceptors (Lipinski definition) is 6. The number of para-hydroxylation sites is 1. The molecular weight excluding hydrogens is 434 g/mol. The van der Waals surface area contributed by atoms with E-state index in [0.29, 0.717) is 6.61 Å². The fourth-order valence-corrected chi connectivity index (χ4v) is 4.32. The van der Waals surface area contributed by atoms with Gasteiger partial charge in [-0.15, -0.1) is 11.3 Å². The molecule has 2 heterocycles. The molecule has 1 amide bonds. The van der Waals surface area contributed by atoms with Crippen LogP contribution in [0, 0.1) is 6.92 Å². The number of benzene rings is 2. The zero-order valence-corrected chi connectivity index (χ0v) is 19.6. The van der Waals surface area contributed by atoms with Crippen LogP contribution >= 0.6 is 11.3 Å². The van der Waals surface area contributed by atoms with Gasteiger partial charge in [-0.2, -0.15) is 0 Å². The Hall–Kier alpha value is -3.00. The Labute approximate surface area is 198 Å². The van der Waals surface area contributed by atoms with Crippen LogP contribution in [0.2, 0.25) is 0 Å². The highest BCUT2D eigenvalue weighted by molar-refractivity contribution is 7.09. The largest absolute Gasteiger partial charge is 0.487 e. The van der Waals surface area contributed by atoms with Crippen LogP contribution in [0.5, 0.6) is 5.75 Å². The Morgan fingerprint density at radius 2 is 1.94 bits per heavy atom. The van der Waals surface area contributed by atoms with Gasteiger partial charge in [0.25, 0.3) is 0 Å². The highest BCUT2D eigenvalue weighted by Crippen LogP contribution is 2.22. The molecule has 1 unspecified atom stereocenters. The van der Waals surface area contributed by atoms with E-state index in [4.69, 9.17) is 9.47 Å². The number of nitrogens with zero attached hydrogens (tertiary/aromatic N) is 2. The third kappa shape index (κ3) is 6.99. The molecule has 6 nitrogen and oxygen atoms in total. The first-order valence-electron chi connectivity index (χ1n) is 11.1. The van der Waals surface area contributed by atoms with Crippen LogP contribution in [0.25, 0.3) is 6.08 Å². The van der Waals surface area contributed by atoms with Gasteiger partial charge in [0, 0.05) is 36.7 Å². The molecule has 0 saturated carbocycles. The normalized spacial score (nSPS) is 15.4. The Balaban J connectivity index is 1.41.